The van der Waals surface area contributed by atoms with Crippen LogP contribution in [0.25, 0.3) is 44.8 Å². The summed E-state index contributed by atoms with van der Waals surface area (Å²) < 4.78 is 0. The second kappa shape index (κ2) is 8.83. The molecule has 0 aliphatic carbocycles. The monoisotopic (exact) mass is 466 g/mol. The van der Waals surface area contributed by atoms with Gasteiger partial charge in [0, 0.05) is 31.3 Å². The van der Waals surface area contributed by atoms with Gasteiger partial charge in [0.25, 0.3) is 0 Å². The Hall–Kier alpha value is -4.27. The van der Waals surface area contributed by atoms with Crippen LogP contribution in [0.1, 0.15) is 32.6 Å². The largest absolute Gasteiger partial charge is 0.370 e. The number of fused-ring (bicyclic) bond motifs is 2. The highest BCUT2D eigenvalue weighted by Crippen LogP contribution is 2.32. The highest BCUT2D eigenvalue weighted by molar-refractivity contribution is 5.95. The van der Waals surface area contributed by atoms with E-state index in [0.29, 0.717) is 23.6 Å². The average molecular weight is 467 g/mol. The van der Waals surface area contributed by atoms with Crippen LogP contribution in [0.5, 0.6) is 0 Å². The number of aromatic amines is 2. The number of nitrogens with zero attached hydrogens (tertiary/aromatic N) is 5. The van der Waals surface area contributed by atoms with Crippen molar-refractivity contribution in [1.82, 2.24) is 30.1 Å². The maximum absolute atomic E-state index is 11.8. The summed E-state index contributed by atoms with van der Waals surface area (Å²) in [6.45, 7) is 3.93. The summed E-state index contributed by atoms with van der Waals surface area (Å²) in [6.07, 6.45) is 7.48. The third-order valence-corrected chi connectivity index (χ3v) is 6.46. The topological polar surface area (TPSA) is 115 Å². The molecule has 0 saturated carbocycles. The third-order valence-electron chi connectivity index (χ3n) is 6.46. The van der Waals surface area contributed by atoms with Crippen molar-refractivity contribution < 1.29 is 4.79 Å². The van der Waals surface area contributed by atoms with Gasteiger partial charge in [0.2, 0.25) is 5.91 Å². The molecule has 35 heavy (non-hydrogen) atoms. The number of pyridine rings is 2. The highest BCUT2D eigenvalue weighted by Gasteiger charge is 2.19. The lowest BCUT2D eigenvalue weighted by Crippen LogP contribution is -2.29. The Morgan fingerprint density at radius 3 is 2.77 bits per heavy atom. The molecule has 176 valence electrons. The molecule has 3 N–H and O–H groups in total. The predicted molar refractivity (Wildman–Crippen MR) is 137 cm³/mol. The Morgan fingerprint density at radius 1 is 1.03 bits per heavy atom. The number of carbonyl (C=O) groups excluding carboxylic acids is 1. The van der Waals surface area contributed by atoms with Crippen molar-refractivity contribution in [1.29, 1.82) is 0 Å². The number of rotatable bonds is 5. The van der Waals surface area contributed by atoms with E-state index in [1.807, 2.05) is 25.1 Å². The minimum Gasteiger partial charge on any atom is -0.370 e. The van der Waals surface area contributed by atoms with Crippen molar-refractivity contribution in [2.75, 3.05) is 23.3 Å². The van der Waals surface area contributed by atoms with E-state index in [9.17, 15) is 4.79 Å². The highest BCUT2D eigenvalue weighted by atomic mass is 16.1. The molecule has 0 bridgehead atoms. The summed E-state index contributed by atoms with van der Waals surface area (Å²) in [5, 5.41) is 10.5. The first kappa shape index (κ1) is 21.3. The lowest BCUT2D eigenvalue weighted by Gasteiger charge is -2.28. The molecule has 5 heterocycles. The fourth-order valence-electron chi connectivity index (χ4n) is 4.64. The van der Waals surface area contributed by atoms with Crippen LogP contribution in [0.4, 0.5) is 11.4 Å². The van der Waals surface area contributed by atoms with E-state index in [1.165, 1.54) is 19.3 Å². The molecule has 0 radical (unpaired) electrons. The lowest BCUT2D eigenvalue weighted by atomic mass is 10.1. The Kier molecular flexibility index (Phi) is 5.36. The van der Waals surface area contributed by atoms with Gasteiger partial charge in [-0.1, -0.05) is 13.0 Å². The molecule has 0 atom stereocenters. The van der Waals surface area contributed by atoms with Gasteiger partial charge in [0.1, 0.15) is 11.0 Å². The van der Waals surface area contributed by atoms with Gasteiger partial charge in [-0.2, -0.15) is 5.10 Å². The van der Waals surface area contributed by atoms with E-state index in [1.54, 1.807) is 12.4 Å². The van der Waals surface area contributed by atoms with Gasteiger partial charge in [0.05, 0.1) is 34.3 Å². The summed E-state index contributed by atoms with van der Waals surface area (Å²) in [7, 11) is 0. The quantitative estimate of drug-likeness (QED) is 0.339. The fraction of sp³-hybridized carbons (Fsp3) is 0.269. The number of para-hydroxylation sites is 1. The van der Waals surface area contributed by atoms with Gasteiger partial charge in [-0.25, -0.2) is 9.97 Å². The molecule has 0 spiro atoms. The average Bonchev–Trinajstić information content (AvgIpc) is 3.53. The Bertz CT molecular complexity index is 1530. The molecular formula is C26H26N8O. The molecule has 1 fully saturated rings. The van der Waals surface area contributed by atoms with Crippen LogP contribution in [0.2, 0.25) is 0 Å². The number of amides is 1. The number of piperidine rings is 1. The third kappa shape index (κ3) is 3.99. The second-order valence-corrected chi connectivity index (χ2v) is 8.84. The van der Waals surface area contributed by atoms with E-state index in [0.717, 1.165) is 52.1 Å². The Balaban J connectivity index is 1.39. The summed E-state index contributed by atoms with van der Waals surface area (Å²) in [4.78, 5) is 31.8. The Morgan fingerprint density at radius 2 is 1.91 bits per heavy atom. The van der Waals surface area contributed by atoms with Crippen LogP contribution in [0.15, 0.2) is 48.8 Å². The van der Waals surface area contributed by atoms with Gasteiger partial charge < -0.3 is 15.2 Å². The van der Waals surface area contributed by atoms with Crippen molar-refractivity contribution in [3.63, 3.8) is 0 Å². The number of aromatic nitrogens is 6. The molecule has 9 nitrogen and oxygen atoms in total. The molecule has 0 unspecified atom stereocenters. The van der Waals surface area contributed by atoms with Crippen molar-refractivity contribution >= 4 is 39.3 Å². The van der Waals surface area contributed by atoms with Gasteiger partial charge in [-0.15, -0.1) is 0 Å². The predicted octanol–water partition coefficient (Wildman–Crippen LogP) is 4.90. The molecule has 5 aromatic rings. The normalized spacial score (nSPS) is 14.0. The number of carbonyl (C=O) groups is 1. The van der Waals surface area contributed by atoms with Gasteiger partial charge in [-0.05, 0) is 49.6 Å². The van der Waals surface area contributed by atoms with Crippen LogP contribution < -0.4 is 10.2 Å². The van der Waals surface area contributed by atoms with Crippen LogP contribution in [0.3, 0.4) is 0 Å². The molecular weight excluding hydrogens is 440 g/mol. The standard InChI is InChI=1S/C26H26N8O/c1-2-22(35)28-17-13-16(14-27-15-17)18-9-10-20-24(29-18)25(33-32-20)26-30-19-7-6-8-21(23(19)31-26)34-11-4-3-5-12-34/h6-10,13-15H,2-5,11-12H2,1H3,(H,28,35)(H,30,31)(H,32,33). The van der Waals surface area contributed by atoms with Crippen LogP contribution >= 0.6 is 0 Å². The van der Waals surface area contributed by atoms with E-state index in [-0.39, 0.29) is 5.91 Å². The molecule has 4 aromatic heterocycles. The van der Waals surface area contributed by atoms with E-state index in [2.05, 4.69) is 48.6 Å². The minimum atomic E-state index is -0.0571. The minimum absolute atomic E-state index is 0.0571. The number of benzene rings is 1. The molecule has 1 aromatic carbocycles. The first-order valence-electron chi connectivity index (χ1n) is 12.0. The zero-order valence-electron chi connectivity index (χ0n) is 19.5. The van der Waals surface area contributed by atoms with E-state index >= 15 is 0 Å². The summed E-state index contributed by atoms with van der Waals surface area (Å²) >= 11 is 0. The molecule has 1 aliphatic heterocycles. The summed E-state index contributed by atoms with van der Waals surface area (Å²) in [5.41, 5.74) is 7.52. The number of hydrogen-bond acceptors (Lipinski definition) is 6. The van der Waals surface area contributed by atoms with Gasteiger partial charge in [0.15, 0.2) is 11.5 Å². The Labute approximate surface area is 202 Å². The smallest absolute Gasteiger partial charge is 0.224 e. The summed E-state index contributed by atoms with van der Waals surface area (Å²) in [6, 6.07) is 12.0. The zero-order chi connectivity index (χ0) is 23.8. The summed E-state index contributed by atoms with van der Waals surface area (Å²) in [5.74, 6) is 0.626. The van der Waals surface area contributed by atoms with Crippen LogP contribution in [-0.4, -0.2) is 49.1 Å². The molecule has 6 rings (SSSR count). The van der Waals surface area contributed by atoms with Gasteiger partial charge in [-0.3, -0.25) is 14.9 Å². The first-order valence-corrected chi connectivity index (χ1v) is 12.0. The van der Waals surface area contributed by atoms with Gasteiger partial charge >= 0.3 is 0 Å². The first-order chi connectivity index (χ1) is 17.2. The second-order valence-electron chi connectivity index (χ2n) is 8.84. The van der Waals surface area contributed by atoms with E-state index < -0.39 is 0 Å². The van der Waals surface area contributed by atoms with Crippen molar-refractivity contribution in [2.24, 2.45) is 0 Å². The van der Waals surface area contributed by atoms with Crippen LogP contribution in [0, 0.1) is 0 Å². The number of imidazole rings is 1. The lowest BCUT2D eigenvalue weighted by molar-refractivity contribution is -0.115. The molecule has 1 saturated heterocycles. The fourth-order valence-corrected chi connectivity index (χ4v) is 4.64. The van der Waals surface area contributed by atoms with Crippen molar-refractivity contribution in [3.05, 3.63) is 48.8 Å². The van der Waals surface area contributed by atoms with Crippen molar-refractivity contribution in [2.45, 2.75) is 32.6 Å². The molecule has 1 aliphatic rings. The number of hydrogen-bond donors (Lipinski definition) is 3. The van der Waals surface area contributed by atoms with E-state index in [4.69, 9.17) is 9.97 Å². The maximum Gasteiger partial charge on any atom is 0.224 e. The number of nitrogens with one attached hydrogen (secondary N) is 3. The van der Waals surface area contributed by atoms with Crippen LogP contribution in [-0.2, 0) is 4.79 Å². The molecule has 1 amide bonds. The zero-order valence-corrected chi connectivity index (χ0v) is 19.5. The van der Waals surface area contributed by atoms with Crippen molar-refractivity contribution in [3.8, 4) is 22.8 Å². The SMILES string of the molecule is CCC(=O)Nc1cncc(-c2ccc3[nH]nc(-c4nc5c(N6CCCCC6)cccc5[nH]4)c3n2)c1. The molecule has 9 heteroatoms. The number of anilines is 2. The maximum atomic E-state index is 11.8. The number of H-pyrrole nitrogens is 2.